The van der Waals surface area contributed by atoms with Crippen LogP contribution in [0.1, 0.15) is 17.6 Å². The van der Waals surface area contributed by atoms with Crippen molar-refractivity contribution in [2.24, 2.45) is 0 Å². The summed E-state index contributed by atoms with van der Waals surface area (Å²) >= 11 is 7.58. The number of halogens is 1. The van der Waals surface area contributed by atoms with E-state index in [0.29, 0.717) is 11.4 Å². The van der Waals surface area contributed by atoms with Crippen molar-refractivity contribution in [3.8, 4) is 5.75 Å². The quantitative estimate of drug-likeness (QED) is 0.352. The zero-order chi connectivity index (χ0) is 21.9. The average molecular weight is 468 g/mol. The average Bonchev–Trinajstić information content (AvgIpc) is 3.19. The summed E-state index contributed by atoms with van der Waals surface area (Å²) in [5, 5.41) is 13.7. The minimum absolute atomic E-state index is 0.0851. The molecule has 158 valence electrons. The van der Waals surface area contributed by atoms with Gasteiger partial charge in [-0.3, -0.25) is 14.4 Å². The molecule has 0 amide bonds. The highest BCUT2D eigenvalue weighted by molar-refractivity contribution is 7.93. The summed E-state index contributed by atoms with van der Waals surface area (Å²) in [4.78, 5) is 14.6. The van der Waals surface area contributed by atoms with Crippen molar-refractivity contribution in [1.29, 1.82) is 0 Å². The Morgan fingerprint density at radius 3 is 2.63 bits per heavy atom. The molecule has 0 atom stereocenters. The molecule has 0 aliphatic carbocycles. The molecule has 0 aliphatic heterocycles. The monoisotopic (exact) mass is 467 g/mol. The Hall–Kier alpha value is -2.69. The number of thiazole rings is 1. The summed E-state index contributed by atoms with van der Waals surface area (Å²) in [6.07, 6.45) is 0.725. The van der Waals surface area contributed by atoms with E-state index >= 15 is 0 Å². The molecule has 1 heterocycles. The minimum Gasteiger partial charge on any atom is -0.495 e. The van der Waals surface area contributed by atoms with Gasteiger partial charge in [0.2, 0.25) is 0 Å². The fourth-order valence-corrected chi connectivity index (χ4v) is 5.47. The fourth-order valence-electron chi connectivity index (χ4n) is 2.79. The molecule has 0 saturated carbocycles. The maximum Gasteiger partial charge on any atom is 0.270 e. The number of methoxy groups -OCH3 is 1. The zero-order valence-corrected chi connectivity index (χ0v) is 18.5. The lowest BCUT2D eigenvalue weighted by Crippen LogP contribution is -2.31. The van der Waals surface area contributed by atoms with E-state index in [2.05, 4.69) is 4.98 Å². The molecule has 0 N–H and O–H groups in total. The first kappa shape index (κ1) is 22.0. The number of para-hydroxylation sites is 2. The molecule has 0 aliphatic rings. The molecule has 0 saturated heterocycles. The number of nitro groups is 1. The van der Waals surface area contributed by atoms with E-state index in [1.165, 1.54) is 24.5 Å². The Labute approximate surface area is 182 Å². The van der Waals surface area contributed by atoms with Crippen LogP contribution in [0, 0.1) is 10.1 Å². The molecule has 0 radical (unpaired) electrons. The van der Waals surface area contributed by atoms with E-state index < -0.39 is 14.9 Å². The molecular formula is C19H18ClN3O5S2. The van der Waals surface area contributed by atoms with Crippen molar-refractivity contribution < 1.29 is 18.1 Å². The van der Waals surface area contributed by atoms with Gasteiger partial charge in [-0.2, -0.15) is 0 Å². The number of anilines is 1. The molecule has 1 aromatic heterocycles. The number of ether oxygens (including phenoxy) is 1. The van der Waals surface area contributed by atoms with Gasteiger partial charge in [0.25, 0.3) is 15.7 Å². The molecule has 30 heavy (non-hydrogen) atoms. The van der Waals surface area contributed by atoms with Crippen molar-refractivity contribution >= 4 is 44.3 Å². The number of non-ortho nitro benzene ring substituents is 1. The van der Waals surface area contributed by atoms with Crippen molar-refractivity contribution in [1.82, 2.24) is 4.98 Å². The molecular weight excluding hydrogens is 450 g/mol. The second-order valence-corrected chi connectivity index (χ2v) is 9.32. The van der Waals surface area contributed by atoms with Gasteiger partial charge >= 0.3 is 0 Å². The maximum absolute atomic E-state index is 13.6. The van der Waals surface area contributed by atoms with Gasteiger partial charge < -0.3 is 4.74 Å². The molecule has 2 aromatic carbocycles. The smallest absolute Gasteiger partial charge is 0.270 e. The molecule has 3 aromatic rings. The molecule has 11 heteroatoms. The van der Waals surface area contributed by atoms with Crippen LogP contribution in [0.2, 0.25) is 5.02 Å². The molecule has 0 bridgehead atoms. The van der Waals surface area contributed by atoms with Crippen LogP contribution in [-0.2, 0) is 23.0 Å². The summed E-state index contributed by atoms with van der Waals surface area (Å²) in [7, 11) is -2.85. The highest BCUT2D eigenvalue weighted by Crippen LogP contribution is 2.36. The highest BCUT2D eigenvalue weighted by Gasteiger charge is 2.31. The lowest BCUT2D eigenvalue weighted by Gasteiger charge is -2.25. The Kier molecular flexibility index (Phi) is 6.59. The van der Waals surface area contributed by atoms with E-state index in [0.717, 1.165) is 27.9 Å². The first-order valence-corrected chi connectivity index (χ1v) is 11.5. The number of sulfonamides is 1. The van der Waals surface area contributed by atoms with Crippen LogP contribution < -0.4 is 9.04 Å². The van der Waals surface area contributed by atoms with Gasteiger partial charge in [0.15, 0.2) is 0 Å². The lowest BCUT2D eigenvalue weighted by atomic mass is 10.3. The van der Waals surface area contributed by atoms with Crippen molar-refractivity contribution in [3.63, 3.8) is 0 Å². The fraction of sp³-hybridized carbons (Fsp3) is 0.211. The van der Waals surface area contributed by atoms with Crippen LogP contribution in [0.15, 0.2) is 52.7 Å². The van der Waals surface area contributed by atoms with Gasteiger partial charge in [0.1, 0.15) is 10.6 Å². The Morgan fingerprint density at radius 1 is 1.27 bits per heavy atom. The van der Waals surface area contributed by atoms with E-state index in [1.54, 1.807) is 29.6 Å². The van der Waals surface area contributed by atoms with Crippen molar-refractivity contribution in [2.75, 3.05) is 11.4 Å². The van der Waals surface area contributed by atoms with Crippen molar-refractivity contribution in [3.05, 3.63) is 73.7 Å². The second-order valence-electron chi connectivity index (χ2n) is 6.14. The van der Waals surface area contributed by atoms with Gasteiger partial charge in [0, 0.05) is 17.5 Å². The van der Waals surface area contributed by atoms with E-state index in [-0.39, 0.29) is 27.8 Å². The molecule has 3 rings (SSSR count). The van der Waals surface area contributed by atoms with Crippen molar-refractivity contribution in [2.45, 2.75) is 24.8 Å². The number of aromatic nitrogens is 1. The predicted molar refractivity (Wildman–Crippen MR) is 116 cm³/mol. The molecule has 0 unspecified atom stereocenters. The normalized spacial score (nSPS) is 11.3. The number of rotatable bonds is 8. The van der Waals surface area contributed by atoms with Gasteiger partial charge in [-0.05, 0) is 24.6 Å². The molecule has 0 fully saturated rings. The number of hydrogen-bond acceptors (Lipinski definition) is 7. The van der Waals surface area contributed by atoms with E-state index in [4.69, 9.17) is 16.3 Å². The SMILES string of the molecule is CCc1nc(CN(c2ccccc2OC)S(=O)(=O)c2cc([N+](=O)[O-])ccc2Cl)cs1. The van der Waals surface area contributed by atoms with Gasteiger partial charge in [0.05, 0.1) is 40.0 Å². The third-order valence-corrected chi connectivity index (χ3v) is 7.54. The largest absolute Gasteiger partial charge is 0.495 e. The van der Waals surface area contributed by atoms with Crippen LogP contribution in [0.5, 0.6) is 5.75 Å². The summed E-state index contributed by atoms with van der Waals surface area (Å²) in [5.41, 5.74) is 0.446. The van der Waals surface area contributed by atoms with Gasteiger partial charge in [-0.25, -0.2) is 13.4 Å². The summed E-state index contributed by atoms with van der Waals surface area (Å²) in [5.74, 6) is 0.327. The minimum atomic E-state index is -4.29. The number of nitro benzene ring substituents is 1. The van der Waals surface area contributed by atoms with Crippen LogP contribution in [-0.4, -0.2) is 25.4 Å². The van der Waals surface area contributed by atoms with E-state index in [9.17, 15) is 18.5 Å². The zero-order valence-electron chi connectivity index (χ0n) is 16.1. The Balaban J connectivity index is 2.18. The lowest BCUT2D eigenvalue weighted by molar-refractivity contribution is -0.385. The molecule has 0 spiro atoms. The third kappa shape index (κ3) is 4.40. The summed E-state index contributed by atoms with van der Waals surface area (Å²) in [6.45, 7) is 1.87. The standard InChI is InChI=1S/C19H18ClN3O5S2/c1-3-19-21-13(12-29-19)11-22(16-6-4-5-7-17(16)28-2)30(26,27)18-10-14(23(24)25)8-9-15(18)20/h4-10,12H,3,11H2,1-2H3. The van der Waals surface area contributed by atoms with Crippen LogP contribution >= 0.6 is 22.9 Å². The second kappa shape index (κ2) is 8.99. The number of hydrogen-bond donors (Lipinski definition) is 0. The van der Waals surface area contributed by atoms with Crippen LogP contribution in [0.25, 0.3) is 0 Å². The predicted octanol–water partition coefficient (Wildman–Crippen LogP) is 4.67. The first-order valence-electron chi connectivity index (χ1n) is 8.81. The highest BCUT2D eigenvalue weighted by atomic mass is 35.5. The maximum atomic E-state index is 13.6. The topological polar surface area (TPSA) is 103 Å². The van der Waals surface area contributed by atoms with Gasteiger partial charge in [-0.1, -0.05) is 30.7 Å². The number of benzene rings is 2. The van der Waals surface area contributed by atoms with E-state index in [1.807, 2.05) is 6.92 Å². The Bertz CT molecular complexity index is 1180. The third-order valence-electron chi connectivity index (χ3n) is 4.25. The van der Waals surface area contributed by atoms with Gasteiger partial charge in [-0.15, -0.1) is 11.3 Å². The number of aryl methyl sites for hydroxylation is 1. The first-order chi connectivity index (χ1) is 14.3. The molecule has 8 nitrogen and oxygen atoms in total. The van der Waals surface area contributed by atoms with Crippen LogP contribution in [0.4, 0.5) is 11.4 Å². The summed E-state index contributed by atoms with van der Waals surface area (Å²) < 4.78 is 33.7. The Morgan fingerprint density at radius 2 is 2.00 bits per heavy atom. The summed E-state index contributed by atoms with van der Waals surface area (Å²) in [6, 6.07) is 9.92. The van der Waals surface area contributed by atoms with Crippen LogP contribution in [0.3, 0.4) is 0 Å². The number of nitrogens with zero attached hydrogens (tertiary/aromatic N) is 3.